The van der Waals surface area contributed by atoms with Gasteiger partial charge in [0.1, 0.15) is 0 Å². The number of hydrogen-bond donors (Lipinski definition) is 0. The summed E-state index contributed by atoms with van der Waals surface area (Å²) in [6.45, 7) is 5.49. The fraction of sp³-hybridized carbons (Fsp3) is 0.789. The van der Waals surface area contributed by atoms with E-state index >= 15 is 0 Å². The van der Waals surface area contributed by atoms with Crippen molar-refractivity contribution in [3.8, 4) is 0 Å². The SMILES string of the molecule is Cc1nc(C(F)(F)F)ncc1SN1CC2(CC(N(C)C3CC4(COC4)C3)C2)C1. The van der Waals surface area contributed by atoms with Crippen LogP contribution in [0.25, 0.3) is 0 Å². The van der Waals surface area contributed by atoms with E-state index in [1.54, 1.807) is 6.92 Å². The van der Waals surface area contributed by atoms with E-state index in [-0.39, 0.29) is 0 Å². The van der Waals surface area contributed by atoms with Crippen LogP contribution in [0.4, 0.5) is 13.2 Å². The number of hydrogen-bond acceptors (Lipinski definition) is 6. The molecule has 0 aromatic carbocycles. The van der Waals surface area contributed by atoms with Crippen LogP contribution >= 0.6 is 11.9 Å². The molecule has 154 valence electrons. The minimum Gasteiger partial charge on any atom is -0.380 e. The van der Waals surface area contributed by atoms with Gasteiger partial charge in [0.25, 0.3) is 0 Å². The van der Waals surface area contributed by atoms with E-state index in [1.165, 1.54) is 43.8 Å². The van der Waals surface area contributed by atoms with Gasteiger partial charge in [0.2, 0.25) is 5.82 Å². The van der Waals surface area contributed by atoms with Crippen molar-refractivity contribution in [3.63, 3.8) is 0 Å². The molecule has 0 atom stereocenters. The number of aryl methyl sites for hydroxylation is 1. The third-order valence-corrected chi connectivity index (χ3v) is 8.20. The van der Waals surface area contributed by atoms with Crippen molar-refractivity contribution >= 4 is 11.9 Å². The van der Waals surface area contributed by atoms with Crippen LogP contribution < -0.4 is 0 Å². The van der Waals surface area contributed by atoms with E-state index in [0.717, 1.165) is 26.3 Å². The molecule has 9 heteroatoms. The topological polar surface area (TPSA) is 41.5 Å². The van der Waals surface area contributed by atoms with Crippen LogP contribution in [0.5, 0.6) is 0 Å². The summed E-state index contributed by atoms with van der Waals surface area (Å²) < 4.78 is 45.7. The normalized spacial score (nSPS) is 28.7. The van der Waals surface area contributed by atoms with Gasteiger partial charge in [-0.25, -0.2) is 14.3 Å². The molecule has 0 bridgehead atoms. The first-order chi connectivity index (χ1) is 13.2. The average Bonchev–Trinajstić information content (AvgIpc) is 2.45. The molecule has 4 fully saturated rings. The maximum Gasteiger partial charge on any atom is 0.451 e. The molecule has 0 unspecified atom stereocenters. The summed E-state index contributed by atoms with van der Waals surface area (Å²) in [6.07, 6.45) is 1.82. The minimum absolute atomic E-state index is 0.387. The molecule has 0 radical (unpaired) electrons. The highest BCUT2D eigenvalue weighted by atomic mass is 32.2. The van der Waals surface area contributed by atoms with Gasteiger partial charge in [-0.15, -0.1) is 0 Å². The highest BCUT2D eigenvalue weighted by Crippen LogP contribution is 2.55. The van der Waals surface area contributed by atoms with E-state index in [0.29, 0.717) is 33.5 Å². The molecular weight excluding hydrogens is 389 g/mol. The third-order valence-electron chi connectivity index (χ3n) is 7.08. The van der Waals surface area contributed by atoms with Gasteiger partial charge in [0.05, 0.1) is 23.8 Å². The lowest BCUT2D eigenvalue weighted by Gasteiger charge is -2.63. The number of rotatable bonds is 4. The van der Waals surface area contributed by atoms with Gasteiger partial charge in [0, 0.05) is 42.2 Å². The van der Waals surface area contributed by atoms with Crippen LogP contribution in [-0.4, -0.2) is 64.6 Å². The molecule has 5 nitrogen and oxygen atoms in total. The Labute approximate surface area is 167 Å². The van der Waals surface area contributed by atoms with E-state index in [4.69, 9.17) is 4.74 Å². The minimum atomic E-state index is -4.49. The molecule has 1 aromatic rings. The van der Waals surface area contributed by atoms with Crippen molar-refractivity contribution < 1.29 is 17.9 Å². The number of aromatic nitrogens is 2. The van der Waals surface area contributed by atoms with Crippen molar-refractivity contribution in [2.24, 2.45) is 10.8 Å². The maximum absolute atomic E-state index is 12.7. The standard InChI is InChI=1S/C19H25F3N4OS/c1-12-15(7-23-16(24-12)19(20,21)22)28-26-8-17(9-26)3-13(4-17)25(2)14-5-18(6-14)10-27-11-18/h7,13-14H,3-6,8-11H2,1-2H3. The van der Waals surface area contributed by atoms with Crippen LogP contribution in [0.1, 0.15) is 37.2 Å². The fourth-order valence-electron chi connectivity index (χ4n) is 5.23. The van der Waals surface area contributed by atoms with E-state index in [2.05, 4.69) is 26.2 Å². The molecular formula is C19H25F3N4OS. The Morgan fingerprint density at radius 1 is 1.14 bits per heavy atom. The van der Waals surface area contributed by atoms with Crippen molar-refractivity contribution in [2.75, 3.05) is 33.4 Å². The monoisotopic (exact) mass is 414 g/mol. The number of halogens is 3. The Morgan fingerprint density at radius 3 is 2.25 bits per heavy atom. The van der Waals surface area contributed by atoms with Gasteiger partial charge in [-0.05, 0) is 51.6 Å². The van der Waals surface area contributed by atoms with Crippen molar-refractivity contribution in [3.05, 3.63) is 17.7 Å². The average molecular weight is 414 g/mol. The summed E-state index contributed by atoms with van der Waals surface area (Å²) >= 11 is 1.48. The molecule has 3 heterocycles. The quantitative estimate of drug-likeness (QED) is 0.704. The van der Waals surface area contributed by atoms with Gasteiger partial charge in [-0.1, -0.05) is 0 Å². The van der Waals surface area contributed by atoms with E-state index < -0.39 is 12.0 Å². The zero-order chi connectivity index (χ0) is 19.7. The Hall–Kier alpha value is -0.900. The molecule has 2 saturated carbocycles. The van der Waals surface area contributed by atoms with E-state index in [1.807, 2.05) is 0 Å². The molecule has 2 aliphatic heterocycles. The molecule has 1 aromatic heterocycles. The highest BCUT2D eigenvalue weighted by Gasteiger charge is 2.57. The van der Waals surface area contributed by atoms with Crippen molar-refractivity contribution in [2.45, 2.75) is 55.8 Å². The van der Waals surface area contributed by atoms with Crippen molar-refractivity contribution in [1.29, 1.82) is 0 Å². The second-order valence-corrected chi connectivity index (χ2v) is 10.5. The molecule has 0 amide bonds. The fourth-order valence-corrected chi connectivity index (χ4v) is 6.46. The Balaban J connectivity index is 1.09. The zero-order valence-corrected chi connectivity index (χ0v) is 16.9. The lowest BCUT2D eigenvalue weighted by atomic mass is 9.59. The Morgan fingerprint density at radius 2 is 1.75 bits per heavy atom. The summed E-state index contributed by atoms with van der Waals surface area (Å²) in [5.41, 5.74) is 1.29. The zero-order valence-electron chi connectivity index (χ0n) is 16.1. The summed E-state index contributed by atoms with van der Waals surface area (Å²) in [6, 6.07) is 1.38. The molecule has 2 aliphatic carbocycles. The maximum atomic E-state index is 12.7. The molecule has 5 rings (SSSR count). The van der Waals surface area contributed by atoms with Crippen molar-refractivity contribution in [1.82, 2.24) is 19.2 Å². The summed E-state index contributed by atoms with van der Waals surface area (Å²) in [4.78, 5) is 10.4. The van der Waals surface area contributed by atoms with Crippen LogP contribution in [0.15, 0.2) is 11.1 Å². The highest BCUT2D eigenvalue weighted by molar-refractivity contribution is 7.97. The van der Waals surface area contributed by atoms with Gasteiger partial charge < -0.3 is 9.64 Å². The van der Waals surface area contributed by atoms with Crippen LogP contribution in [0, 0.1) is 17.8 Å². The molecule has 28 heavy (non-hydrogen) atoms. The lowest BCUT2D eigenvalue weighted by molar-refractivity contribution is -0.195. The summed E-state index contributed by atoms with van der Waals surface area (Å²) in [5.74, 6) is -1.06. The van der Waals surface area contributed by atoms with Gasteiger partial charge in [-0.3, -0.25) is 0 Å². The van der Waals surface area contributed by atoms with Gasteiger partial charge in [-0.2, -0.15) is 13.2 Å². The van der Waals surface area contributed by atoms with Gasteiger partial charge >= 0.3 is 6.18 Å². The molecule has 0 N–H and O–H groups in total. The smallest absolute Gasteiger partial charge is 0.380 e. The Bertz CT molecular complexity index is 763. The predicted molar refractivity (Wildman–Crippen MR) is 98.7 cm³/mol. The predicted octanol–water partition coefficient (Wildman–Crippen LogP) is 3.39. The second kappa shape index (κ2) is 6.30. The first-order valence-electron chi connectivity index (χ1n) is 9.81. The van der Waals surface area contributed by atoms with E-state index in [9.17, 15) is 13.2 Å². The van der Waals surface area contributed by atoms with Crippen LogP contribution in [0.3, 0.4) is 0 Å². The Kier molecular flexibility index (Phi) is 4.29. The van der Waals surface area contributed by atoms with Crippen LogP contribution in [0.2, 0.25) is 0 Å². The lowest BCUT2D eigenvalue weighted by Crippen LogP contribution is -2.67. The summed E-state index contributed by atoms with van der Waals surface area (Å²) in [7, 11) is 2.27. The second-order valence-electron chi connectivity index (χ2n) is 9.31. The molecule has 4 aliphatic rings. The van der Waals surface area contributed by atoms with Gasteiger partial charge in [0.15, 0.2) is 0 Å². The number of nitrogens with zero attached hydrogens (tertiary/aromatic N) is 4. The number of alkyl halides is 3. The first-order valence-corrected chi connectivity index (χ1v) is 10.6. The third kappa shape index (κ3) is 3.14. The molecule has 2 saturated heterocycles. The first kappa shape index (κ1) is 19.1. The summed E-state index contributed by atoms with van der Waals surface area (Å²) in [5, 5.41) is 0. The largest absolute Gasteiger partial charge is 0.451 e. The van der Waals surface area contributed by atoms with Crippen LogP contribution in [-0.2, 0) is 10.9 Å². The molecule has 2 spiro atoms. The number of ether oxygens (including phenoxy) is 1.